The molecule has 3 rings (SSSR count). The van der Waals surface area contributed by atoms with Crippen molar-refractivity contribution >= 4 is 40.6 Å². The summed E-state index contributed by atoms with van der Waals surface area (Å²) in [7, 11) is 3.02. The topological polar surface area (TPSA) is 68.2 Å². The van der Waals surface area contributed by atoms with Gasteiger partial charge in [0.2, 0.25) is 0 Å². The smallest absolute Gasteiger partial charge is 0.337 e. The normalized spacial score (nSPS) is 16.3. The van der Waals surface area contributed by atoms with E-state index in [1.54, 1.807) is 37.4 Å². The number of thioether (sulfide) groups is 1. The fourth-order valence-corrected chi connectivity index (χ4v) is 3.51. The Morgan fingerprint density at radius 1 is 1.17 bits per heavy atom. The average molecular weight is 408 g/mol. The van der Waals surface area contributed by atoms with Crippen molar-refractivity contribution in [2.75, 3.05) is 20.8 Å². The highest BCUT2D eigenvalue weighted by Crippen LogP contribution is 2.33. The molecule has 2 aromatic carbocycles. The van der Waals surface area contributed by atoms with Crippen LogP contribution in [0.3, 0.4) is 0 Å². The Kier molecular flexibility index (Phi) is 6.51. The molecule has 1 aliphatic heterocycles. The Bertz CT molecular complexity index is 979. The molecular weight excluding hydrogens is 388 g/mol. The Balaban J connectivity index is 1.76. The van der Waals surface area contributed by atoms with Crippen LogP contribution in [0.2, 0.25) is 0 Å². The molecule has 1 fully saturated rings. The van der Waals surface area contributed by atoms with Gasteiger partial charge in [-0.05, 0) is 59.8 Å². The molecular formula is C22H20N2O4S. The molecule has 0 radical (unpaired) electrons. The van der Waals surface area contributed by atoms with E-state index in [1.165, 1.54) is 23.8 Å². The molecule has 1 amide bonds. The van der Waals surface area contributed by atoms with Gasteiger partial charge >= 0.3 is 5.97 Å². The van der Waals surface area contributed by atoms with Crippen molar-refractivity contribution in [3.8, 4) is 5.75 Å². The number of rotatable bonds is 6. The van der Waals surface area contributed by atoms with Gasteiger partial charge in [0, 0.05) is 7.05 Å². The molecule has 0 saturated carbocycles. The monoisotopic (exact) mass is 408 g/mol. The average Bonchev–Trinajstić information content (AvgIpc) is 3.01. The number of methoxy groups -OCH3 is 1. The molecule has 6 nitrogen and oxygen atoms in total. The van der Waals surface area contributed by atoms with E-state index in [0.717, 1.165) is 11.3 Å². The van der Waals surface area contributed by atoms with Crippen LogP contribution >= 0.6 is 11.8 Å². The molecule has 0 aliphatic carbocycles. The third-order valence-corrected chi connectivity index (χ3v) is 5.12. The molecule has 7 heteroatoms. The first-order valence-electron chi connectivity index (χ1n) is 8.80. The highest BCUT2D eigenvalue weighted by molar-refractivity contribution is 8.18. The largest absolute Gasteiger partial charge is 0.490 e. The summed E-state index contributed by atoms with van der Waals surface area (Å²) in [5.41, 5.74) is 1.98. The predicted molar refractivity (Wildman–Crippen MR) is 115 cm³/mol. The third-order valence-electron chi connectivity index (χ3n) is 4.06. The summed E-state index contributed by atoms with van der Waals surface area (Å²) in [4.78, 5) is 30.7. The molecule has 0 unspecified atom stereocenters. The SMILES string of the molecule is C=CCOc1ccc(/C=C2/SC(=Nc3ccc(C(=O)OC)cc3)N(C)C2=O)cc1. The summed E-state index contributed by atoms with van der Waals surface area (Å²) in [5.74, 6) is 0.219. The lowest BCUT2D eigenvalue weighted by Crippen LogP contribution is -2.23. The van der Waals surface area contributed by atoms with Gasteiger partial charge in [-0.1, -0.05) is 24.8 Å². The number of benzene rings is 2. The predicted octanol–water partition coefficient (Wildman–Crippen LogP) is 4.27. The van der Waals surface area contributed by atoms with E-state index in [0.29, 0.717) is 27.9 Å². The minimum atomic E-state index is -0.405. The van der Waals surface area contributed by atoms with Crippen LogP contribution in [0.4, 0.5) is 5.69 Å². The molecule has 29 heavy (non-hydrogen) atoms. The molecule has 0 N–H and O–H groups in total. The van der Waals surface area contributed by atoms with E-state index in [9.17, 15) is 9.59 Å². The van der Waals surface area contributed by atoms with Gasteiger partial charge in [-0.15, -0.1) is 0 Å². The molecule has 0 bridgehead atoms. The van der Waals surface area contributed by atoms with Crippen LogP contribution in [0.25, 0.3) is 6.08 Å². The maximum absolute atomic E-state index is 12.6. The molecule has 148 valence electrons. The first-order valence-corrected chi connectivity index (χ1v) is 9.62. The van der Waals surface area contributed by atoms with Crippen molar-refractivity contribution < 1.29 is 19.1 Å². The van der Waals surface area contributed by atoms with E-state index in [1.807, 2.05) is 30.3 Å². The second-order valence-corrected chi connectivity index (χ2v) is 7.09. The quantitative estimate of drug-likeness (QED) is 0.406. The first kappa shape index (κ1) is 20.4. The van der Waals surface area contributed by atoms with Crippen molar-refractivity contribution in [1.82, 2.24) is 4.90 Å². The summed E-state index contributed by atoms with van der Waals surface area (Å²) in [5, 5.41) is 0.568. The minimum Gasteiger partial charge on any atom is -0.490 e. The minimum absolute atomic E-state index is 0.119. The summed E-state index contributed by atoms with van der Waals surface area (Å²) < 4.78 is 10.2. The van der Waals surface area contributed by atoms with Crippen LogP contribution in [0.5, 0.6) is 5.75 Å². The van der Waals surface area contributed by atoms with Crippen molar-refractivity contribution in [1.29, 1.82) is 0 Å². The zero-order valence-corrected chi connectivity index (χ0v) is 16.9. The lowest BCUT2D eigenvalue weighted by Gasteiger charge is -2.07. The summed E-state index contributed by atoms with van der Waals surface area (Å²) in [6.07, 6.45) is 3.51. The maximum atomic E-state index is 12.6. The van der Waals surface area contributed by atoms with Crippen molar-refractivity contribution in [3.05, 3.63) is 77.2 Å². The number of hydrogen-bond acceptors (Lipinski definition) is 6. The Morgan fingerprint density at radius 3 is 2.48 bits per heavy atom. The number of ether oxygens (including phenoxy) is 2. The van der Waals surface area contributed by atoms with Gasteiger partial charge in [0.1, 0.15) is 12.4 Å². The van der Waals surface area contributed by atoms with Gasteiger partial charge in [-0.25, -0.2) is 9.79 Å². The van der Waals surface area contributed by atoms with E-state index in [4.69, 9.17) is 4.74 Å². The number of amides is 1. The second kappa shape index (κ2) is 9.25. The number of esters is 1. The number of amidine groups is 1. The molecule has 0 spiro atoms. The summed E-state index contributed by atoms with van der Waals surface area (Å²) >= 11 is 1.30. The van der Waals surface area contributed by atoms with E-state index < -0.39 is 5.97 Å². The van der Waals surface area contributed by atoms with Gasteiger partial charge in [0.25, 0.3) is 5.91 Å². The second-order valence-electron chi connectivity index (χ2n) is 6.08. The molecule has 1 saturated heterocycles. The van der Waals surface area contributed by atoms with Gasteiger partial charge < -0.3 is 9.47 Å². The van der Waals surface area contributed by atoms with Crippen molar-refractivity contribution in [2.24, 2.45) is 4.99 Å². The number of aliphatic imine (C=N–C) groups is 1. The zero-order valence-electron chi connectivity index (χ0n) is 16.1. The number of carbonyl (C=O) groups excluding carboxylic acids is 2. The lowest BCUT2D eigenvalue weighted by atomic mass is 10.2. The van der Waals surface area contributed by atoms with Crippen LogP contribution in [-0.4, -0.2) is 42.7 Å². The van der Waals surface area contributed by atoms with Crippen molar-refractivity contribution in [3.63, 3.8) is 0 Å². The Morgan fingerprint density at radius 2 is 1.86 bits per heavy atom. The van der Waals surface area contributed by atoms with Crippen molar-refractivity contribution in [2.45, 2.75) is 0 Å². The van der Waals surface area contributed by atoms with Crippen LogP contribution in [-0.2, 0) is 9.53 Å². The van der Waals surface area contributed by atoms with Gasteiger partial charge in [0.15, 0.2) is 5.17 Å². The number of hydrogen-bond donors (Lipinski definition) is 0. The third kappa shape index (κ3) is 4.94. The Labute approximate surface area is 173 Å². The summed E-state index contributed by atoms with van der Waals surface area (Å²) in [6, 6.07) is 14.2. The number of carbonyl (C=O) groups is 2. The highest BCUT2D eigenvalue weighted by atomic mass is 32.2. The Hall–Kier alpha value is -3.32. The molecule has 2 aromatic rings. The first-order chi connectivity index (χ1) is 14.0. The lowest BCUT2D eigenvalue weighted by molar-refractivity contribution is -0.121. The maximum Gasteiger partial charge on any atom is 0.337 e. The molecule has 1 aliphatic rings. The van der Waals surface area contributed by atoms with Crippen LogP contribution in [0.1, 0.15) is 15.9 Å². The fraction of sp³-hybridized carbons (Fsp3) is 0.136. The summed E-state index contributed by atoms with van der Waals surface area (Å²) in [6.45, 7) is 4.06. The van der Waals surface area contributed by atoms with Gasteiger partial charge in [-0.3, -0.25) is 9.69 Å². The molecule has 1 heterocycles. The van der Waals surface area contributed by atoms with E-state index in [2.05, 4.69) is 16.3 Å². The van der Waals surface area contributed by atoms with Crippen LogP contribution < -0.4 is 4.74 Å². The van der Waals surface area contributed by atoms with E-state index in [-0.39, 0.29) is 5.91 Å². The highest BCUT2D eigenvalue weighted by Gasteiger charge is 2.30. The zero-order chi connectivity index (χ0) is 20.8. The van der Waals surface area contributed by atoms with E-state index >= 15 is 0 Å². The van der Waals surface area contributed by atoms with Gasteiger partial charge in [0.05, 0.1) is 23.3 Å². The molecule has 0 aromatic heterocycles. The standard InChI is InChI=1S/C22H20N2O4S/c1-4-13-28-18-11-5-15(6-12-18)14-19-20(25)24(2)22(29-19)23-17-9-7-16(8-10-17)21(26)27-3/h4-12,14H,1,13H2,2-3H3/b19-14+,23-22?. The number of likely N-dealkylation sites (N-methyl/N-ethyl adjacent to an activating group) is 1. The van der Waals surface area contributed by atoms with Crippen LogP contribution in [0, 0.1) is 0 Å². The fourth-order valence-electron chi connectivity index (χ4n) is 2.52. The van der Waals surface area contributed by atoms with Crippen LogP contribution in [0.15, 0.2) is 71.1 Å². The van der Waals surface area contributed by atoms with Gasteiger partial charge in [-0.2, -0.15) is 0 Å². The molecule has 0 atom stereocenters. The number of nitrogens with zero attached hydrogens (tertiary/aromatic N) is 2.